The molecule has 11 aromatic carbocycles. The van der Waals surface area contributed by atoms with Crippen molar-refractivity contribution in [2.45, 2.75) is 31.6 Å². The molecule has 3 aliphatic rings. The van der Waals surface area contributed by atoms with Gasteiger partial charge in [-0.2, -0.15) is 0 Å². The van der Waals surface area contributed by atoms with Gasteiger partial charge >= 0.3 is 0 Å². The van der Waals surface area contributed by atoms with Gasteiger partial charge in [-0.3, -0.25) is 0 Å². The highest BCUT2D eigenvalue weighted by Crippen LogP contribution is 2.65. The number of nitrogens with zero attached hydrogens (tertiary/aromatic N) is 2. The molecule has 14 rings (SSSR count). The Morgan fingerprint density at radius 3 is 1.48 bits per heavy atom. The monoisotopic (exact) mass is 1020 g/mol. The lowest BCUT2D eigenvalue weighted by Crippen LogP contribution is -2.27. The average Bonchev–Trinajstić information content (AvgIpc) is 4.18. The molecular weight excluding hydrogens is 965 g/mol. The molecule has 0 aromatic heterocycles. The summed E-state index contributed by atoms with van der Waals surface area (Å²) in [5.74, 6) is 0. The van der Waals surface area contributed by atoms with E-state index in [-0.39, 0.29) is 5.41 Å². The van der Waals surface area contributed by atoms with E-state index in [4.69, 9.17) is 6.58 Å². The van der Waals surface area contributed by atoms with Crippen molar-refractivity contribution in [1.82, 2.24) is 0 Å². The molecule has 0 N–H and O–H groups in total. The van der Waals surface area contributed by atoms with Gasteiger partial charge in [-0.05, 0) is 174 Å². The fraction of sp³-hybridized carbons (Fsp3) is 0.0769. The third-order valence-electron chi connectivity index (χ3n) is 17.3. The summed E-state index contributed by atoms with van der Waals surface area (Å²) in [5.41, 5.74) is 28.3. The SMILES string of the molecule is C=C(/C=C\C1=C(C)c2ccccc2C1(C)C)CN(c1ccccc1)c1ccc2c(c1)C1(c3ccccc3-2)c2cc(-c3ccc(-c4ccccc4)cc3)ccc2-c2cc(-c3ccccc3)c(N(c3ccccc3)c3ccccc3)cc21. The number of anilines is 5. The van der Waals surface area contributed by atoms with Crippen molar-refractivity contribution in [1.29, 1.82) is 0 Å². The van der Waals surface area contributed by atoms with E-state index < -0.39 is 5.41 Å². The molecule has 2 nitrogen and oxygen atoms in total. The Bertz CT molecular complexity index is 4190. The van der Waals surface area contributed by atoms with Gasteiger partial charge in [0.05, 0.1) is 11.1 Å². The molecule has 0 saturated carbocycles. The van der Waals surface area contributed by atoms with Crippen molar-refractivity contribution in [2.24, 2.45) is 0 Å². The van der Waals surface area contributed by atoms with Crippen LogP contribution in [0.4, 0.5) is 28.4 Å². The van der Waals surface area contributed by atoms with Gasteiger partial charge in [0.1, 0.15) is 0 Å². The first-order valence-corrected chi connectivity index (χ1v) is 28.0. The van der Waals surface area contributed by atoms with Crippen LogP contribution in [-0.2, 0) is 10.8 Å². The van der Waals surface area contributed by atoms with Crippen LogP contribution in [-0.4, -0.2) is 6.54 Å². The third kappa shape index (κ3) is 7.93. The van der Waals surface area contributed by atoms with Crippen LogP contribution in [0.5, 0.6) is 0 Å². The van der Waals surface area contributed by atoms with Crippen LogP contribution >= 0.6 is 0 Å². The zero-order valence-corrected chi connectivity index (χ0v) is 45.4. The van der Waals surface area contributed by atoms with Gasteiger partial charge < -0.3 is 9.80 Å². The first-order chi connectivity index (χ1) is 39.3. The van der Waals surface area contributed by atoms with E-state index in [1.165, 1.54) is 94.6 Å². The van der Waals surface area contributed by atoms with Gasteiger partial charge in [0, 0.05) is 40.3 Å². The normalized spacial score (nSPS) is 15.1. The molecule has 11 aromatic rings. The Labute approximate surface area is 471 Å². The summed E-state index contributed by atoms with van der Waals surface area (Å²) in [6, 6.07) is 101. The van der Waals surface area contributed by atoms with Crippen molar-refractivity contribution in [3.63, 3.8) is 0 Å². The van der Waals surface area contributed by atoms with E-state index in [1.807, 2.05) is 0 Å². The largest absolute Gasteiger partial charge is 0.337 e. The summed E-state index contributed by atoms with van der Waals surface area (Å²) >= 11 is 0. The smallest absolute Gasteiger partial charge is 0.0727 e. The number of para-hydroxylation sites is 3. The third-order valence-corrected chi connectivity index (χ3v) is 17.3. The second-order valence-electron chi connectivity index (χ2n) is 22.1. The molecule has 0 bridgehead atoms. The van der Waals surface area contributed by atoms with Gasteiger partial charge in [-0.15, -0.1) is 0 Å². The molecule has 0 aliphatic heterocycles. The Hall–Kier alpha value is -9.76. The van der Waals surface area contributed by atoms with E-state index >= 15 is 0 Å². The molecule has 382 valence electrons. The molecule has 0 heterocycles. The van der Waals surface area contributed by atoms with E-state index in [2.05, 4.69) is 316 Å². The van der Waals surface area contributed by atoms with Crippen LogP contribution in [0.2, 0.25) is 0 Å². The summed E-state index contributed by atoms with van der Waals surface area (Å²) in [4.78, 5) is 4.91. The average molecular weight is 1030 g/mol. The maximum Gasteiger partial charge on any atom is 0.0727 e. The lowest BCUT2D eigenvalue weighted by Gasteiger charge is -2.34. The maximum absolute atomic E-state index is 4.78. The van der Waals surface area contributed by atoms with Crippen molar-refractivity contribution in [2.75, 3.05) is 16.3 Å². The Morgan fingerprint density at radius 2 is 0.838 bits per heavy atom. The fourth-order valence-corrected chi connectivity index (χ4v) is 13.5. The number of allylic oxidation sites excluding steroid dienone is 3. The Kier molecular flexibility index (Phi) is 11.9. The molecular formula is C78H60N2. The topological polar surface area (TPSA) is 6.48 Å². The van der Waals surface area contributed by atoms with E-state index in [0.717, 1.165) is 39.6 Å². The number of benzene rings is 11. The van der Waals surface area contributed by atoms with Crippen LogP contribution in [0, 0.1) is 0 Å². The zero-order valence-electron chi connectivity index (χ0n) is 45.4. The van der Waals surface area contributed by atoms with E-state index in [0.29, 0.717) is 6.54 Å². The van der Waals surface area contributed by atoms with Gasteiger partial charge in [0.15, 0.2) is 0 Å². The van der Waals surface area contributed by atoms with E-state index in [9.17, 15) is 0 Å². The summed E-state index contributed by atoms with van der Waals surface area (Å²) in [6.45, 7) is 12.3. The quantitative estimate of drug-likeness (QED) is 0.113. The van der Waals surface area contributed by atoms with Crippen molar-refractivity contribution in [3.8, 4) is 55.6 Å². The van der Waals surface area contributed by atoms with Gasteiger partial charge in [-0.1, -0.05) is 239 Å². The summed E-state index contributed by atoms with van der Waals surface area (Å²) < 4.78 is 0. The molecule has 80 heavy (non-hydrogen) atoms. The fourth-order valence-electron chi connectivity index (χ4n) is 13.5. The van der Waals surface area contributed by atoms with E-state index in [1.54, 1.807) is 0 Å². The van der Waals surface area contributed by atoms with Crippen molar-refractivity contribution < 1.29 is 0 Å². The van der Waals surface area contributed by atoms with Crippen LogP contribution in [0.3, 0.4) is 0 Å². The van der Waals surface area contributed by atoms with Crippen molar-refractivity contribution >= 4 is 34.0 Å². The minimum atomic E-state index is -0.706. The predicted molar refractivity (Wildman–Crippen MR) is 338 cm³/mol. The van der Waals surface area contributed by atoms with Crippen LogP contribution in [0.1, 0.15) is 54.2 Å². The Morgan fingerprint density at radius 1 is 0.375 bits per heavy atom. The number of rotatable bonds is 12. The molecule has 0 saturated heterocycles. The number of hydrogen-bond acceptors (Lipinski definition) is 2. The molecule has 0 fully saturated rings. The molecule has 1 spiro atoms. The minimum Gasteiger partial charge on any atom is -0.337 e. The van der Waals surface area contributed by atoms with Crippen LogP contribution in [0.15, 0.2) is 303 Å². The second-order valence-corrected chi connectivity index (χ2v) is 22.1. The second kappa shape index (κ2) is 19.6. The number of hydrogen-bond donors (Lipinski definition) is 0. The predicted octanol–water partition coefficient (Wildman–Crippen LogP) is 20.5. The molecule has 0 amide bonds. The number of fused-ring (bicyclic) bond motifs is 11. The maximum atomic E-state index is 4.78. The molecule has 2 heteroatoms. The first-order valence-electron chi connectivity index (χ1n) is 28.0. The summed E-state index contributed by atoms with van der Waals surface area (Å²) in [7, 11) is 0. The first kappa shape index (κ1) is 48.6. The summed E-state index contributed by atoms with van der Waals surface area (Å²) in [5, 5.41) is 0. The van der Waals surface area contributed by atoms with Crippen LogP contribution < -0.4 is 9.80 Å². The highest BCUT2D eigenvalue weighted by atomic mass is 15.1. The standard InChI is InChI=1S/C78H60N2/c1-53(38-47-70-54(2)64-34-20-22-36-71(64)77(70,3)4)52-79(60-28-14-7-15-29-60)63-44-46-66-65-35-21-23-37-72(65)78(74(66)49-63)73-48-59(57-41-39-56(40-42-57)55-24-10-5-11-25-55)43-45-67(73)69-50-68(58-26-12-6-13-27-58)76(51-75(69)78)80(61-30-16-8-17-31-61)62-32-18-9-19-33-62/h5-51H,1,52H2,2-4H3/b47-38-. The minimum absolute atomic E-state index is 0.111. The molecule has 1 atom stereocenters. The molecule has 1 unspecified atom stereocenters. The van der Waals surface area contributed by atoms with Crippen LogP contribution in [0.25, 0.3) is 61.2 Å². The van der Waals surface area contributed by atoms with Gasteiger partial charge in [0.2, 0.25) is 0 Å². The summed E-state index contributed by atoms with van der Waals surface area (Å²) in [6.07, 6.45) is 4.57. The Balaban J connectivity index is 0.995. The van der Waals surface area contributed by atoms with Crippen molar-refractivity contribution in [3.05, 3.63) is 336 Å². The van der Waals surface area contributed by atoms with Gasteiger partial charge in [-0.25, -0.2) is 0 Å². The lowest BCUT2D eigenvalue weighted by atomic mass is 9.70. The highest BCUT2D eigenvalue weighted by molar-refractivity contribution is 6.01. The zero-order chi connectivity index (χ0) is 54.0. The highest BCUT2D eigenvalue weighted by Gasteiger charge is 2.53. The van der Waals surface area contributed by atoms with Gasteiger partial charge in [0.25, 0.3) is 0 Å². The molecule has 0 radical (unpaired) electrons. The molecule has 3 aliphatic carbocycles. The lowest BCUT2D eigenvalue weighted by molar-refractivity contribution is 0.654.